The van der Waals surface area contributed by atoms with Gasteiger partial charge >= 0.3 is 0 Å². The molecule has 1 N–H and O–H groups in total. The lowest BCUT2D eigenvalue weighted by Crippen LogP contribution is -2.50. The van der Waals surface area contributed by atoms with Gasteiger partial charge in [-0.05, 0) is 24.3 Å². The summed E-state index contributed by atoms with van der Waals surface area (Å²) >= 11 is 0. The van der Waals surface area contributed by atoms with Crippen LogP contribution in [0, 0.1) is 0 Å². The van der Waals surface area contributed by atoms with Crippen LogP contribution in [-0.4, -0.2) is 69.5 Å². The van der Waals surface area contributed by atoms with Crippen LogP contribution in [0.4, 0.5) is 0 Å². The fourth-order valence-corrected chi connectivity index (χ4v) is 4.76. The number of carbonyl (C=O) groups is 1. The SMILES string of the molecule is O=C(CN1CCN(S(=O)(=O)c2ccc3c(c2)OCCO3)CC1)NCc1ccco1. The van der Waals surface area contributed by atoms with E-state index in [1.54, 1.807) is 24.5 Å². The predicted octanol–water partition coefficient (Wildman–Crippen LogP) is 0.674. The number of hydrogen-bond acceptors (Lipinski definition) is 7. The first-order valence-electron chi connectivity index (χ1n) is 9.43. The van der Waals surface area contributed by atoms with E-state index in [-0.39, 0.29) is 17.3 Å². The van der Waals surface area contributed by atoms with E-state index in [1.807, 2.05) is 4.90 Å². The highest BCUT2D eigenvalue weighted by Crippen LogP contribution is 2.33. The molecule has 0 unspecified atom stereocenters. The van der Waals surface area contributed by atoms with Crippen molar-refractivity contribution in [3.8, 4) is 11.5 Å². The van der Waals surface area contributed by atoms with Crippen molar-refractivity contribution < 1.29 is 27.1 Å². The standard InChI is InChI=1S/C19H23N3O6S/c23-19(20-13-15-2-1-9-26-15)14-21-5-7-22(8-6-21)29(24,25)16-3-4-17-18(12-16)28-11-10-27-17/h1-4,9,12H,5-8,10-11,13-14H2,(H,20,23). The van der Waals surface area contributed by atoms with E-state index in [4.69, 9.17) is 13.9 Å². The number of carbonyl (C=O) groups excluding carboxylic acids is 1. The Morgan fingerprint density at radius 1 is 1.03 bits per heavy atom. The van der Waals surface area contributed by atoms with Crippen molar-refractivity contribution in [2.75, 3.05) is 45.9 Å². The highest BCUT2D eigenvalue weighted by molar-refractivity contribution is 7.89. The summed E-state index contributed by atoms with van der Waals surface area (Å²) in [5, 5.41) is 2.80. The van der Waals surface area contributed by atoms with Gasteiger partial charge < -0.3 is 19.2 Å². The van der Waals surface area contributed by atoms with Crippen LogP contribution in [0.3, 0.4) is 0 Å². The predicted molar refractivity (Wildman–Crippen MR) is 103 cm³/mol. The first kappa shape index (κ1) is 19.7. The molecule has 0 aliphatic carbocycles. The van der Waals surface area contributed by atoms with Gasteiger partial charge in [0.1, 0.15) is 19.0 Å². The number of sulfonamides is 1. The lowest BCUT2D eigenvalue weighted by atomic mass is 10.3. The number of amides is 1. The molecule has 0 spiro atoms. The highest BCUT2D eigenvalue weighted by Gasteiger charge is 2.30. The Kier molecular flexibility index (Phi) is 5.74. The minimum Gasteiger partial charge on any atom is -0.486 e. The van der Waals surface area contributed by atoms with Crippen LogP contribution in [0.5, 0.6) is 11.5 Å². The zero-order valence-electron chi connectivity index (χ0n) is 15.9. The number of ether oxygens (including phenoxy) is 2. The van der Waals surface area contributed by atoms with E-state index < -0.39 is 10.0 Å². The molecule has 10 heteroatoms. The Morgan fingerprint density at radius 2 is 1.79 bits per heavy atom. The first-order chi connectivity index (χ1) is 14.0. The van der Waals surface area contributed by atoms with Gasteiger partial charge in [-0.25, -0.2) is 8.42 Å². The molecule has 0 bridgehead atoms. The molecular formula is C19H23N3O6S. The summed E-state index contributed by atoms with van der Waals surface area (Å²) in [4.78, 5) is 14.2. The van der Waals surface area contributed by atoms with Crippen LogP contribution in [0.25, 0.3) is 0 Å². The molecule has 9 nitrogen and oxygen atoms in total. The van der Waals surface area contributed by atoms with Gasteiger partial charge in [0.25, 0.3) is 0 Å². The van der Waals surface area contributed by atoms with E-state index in [0.717, 1.165) is 0 Å². The third-order valence-electron chi connectivity index (χ3n) is 4.89. The lowest BCUT2D eigenvalue weighted by Gasteiger charge is -2.33. The third kappa shape index (κ3) is 4.55. The molecule has 0 atom stereocenters. The number of fused-ring (bicyclic) bond motifs is 1. The number of rotatable bonds is 6. The molecule has 1 aromatic heterocycles. The summed E-state index contributed by atoms with van der Waals surface area (Å²) in [6.07, 6.45) is 1.56. The molecule has 2 aromatic rings. The van der Waals surface area contributed by atoms with Crippen molar-refractivity contribution >= 4 is 15.9 Å². The fourth-order valence-electron chi connectivity index (χ4n) is 3.32. The van der Waals surface area contributed by atoms with Crippen molar-refractivity contribution in [1.29, 1.82) is 0 Å². The van der Waals surface area contributed by atoms with Crippen LogP contribution in [0.1, 0.15) is 5.76 Å². The van der Waals surface area contributed by atoms with Crippen molar-refractivity contribution in [2.45, 2.75) is 11.4 Å². The average Bonchev–Trinajstić information content (AvgIpc) is 3.26. The Hall–Kier alpha value is -2.56. The number of hydrogen-bond donors (Lipinski definition) is 1. The van der Waals surface area contributed by atoms with Gasteiger partial charge in [-0.1, -0.05) is 0 Å². The van der Waals surface area contributed by atoms with Gasteiger partial charge in [0.2, 0.25) is 15.9 Å². The number of nitrogens with zero attached hydrogens (tertiary/aromatic N) is 2. The monoisotopic (exact) mass is 421 g/mol. The molecule has 29 heavy (non-hydrogen) atoms. The van der Waals surface area contributed by atoms with Crippen molar-refractivity contribution in [3.63, 3.8) is 0 Å². The smallest absolute Gasteiger partial charge is 0.243 e. The second-order valence-corrected chi connectivity index (χ2v) is 8.78. The zero-order chi connectivity index (χ0) is 20.3. The number of piperazine rings is 1. The largest absolute Gasteiger partial charge is 0.486 e. The van der Waals surface area contributed by atoms with Crippen molar-refractivity contribution in [3.05, 3.63) is 42.4 Å². The van der Waals surface area contributed by atoms with Gasteiger partial charge in [-0.2, -0.15) is 4.31 Å². The van der Waals surface area contributed by atoms with Crippen molar-refractivity contribution in [2.24, 2.45) is 0 Å². The molecule has 4 rings (SSSR count). The summed E-state index contributed by atoms with van der Waals surface area (Å²) < 4.78 is 43.5. The summed E-state index contributed by atoms with van der Waals surface area (Å²) in [5.74, 6) is 1.57. The van der Waals surface area contributed by atoms with Crippen LogP contribution in [-0.2, 0) is 21.4 Å². The zero-order valence-corrected chi connectivity index (χ0v) is 16.7. The van der Waals surface area contributed by atoms with E-state index >= 15 is 0 Å². The number of furan rings is 1. The second-order valence-electron chi connectivity index (χ2n) is 6.84. The number of benzene rings is 1. The molecule has 2 aliphatic rings. The topological polar surface area (TPSA) is 101 Å². The normalized spacial score (nSPS) is 17.8. The van der Waals surface area contributed by atoms with Gasteiger partial charge in [0.05, 0.1) is 24.2 Å². The molecule has 3 heterocycles. The summed E-state index contributed by atoms with van der Waals surface area (Å²) in [6.45, 7) is 3.02. The molecule has 2 aliphatic heterocycles. The lowest BCUT2D eigenvalue weighted by molar-refractivity contribution is -0.122. The molecular weight excluding hydrogens is 398 g/mol. The highest BCUT2D eigenvalue weighted by atomic mass is 32.2. The fraction of sp³-hybridized carbons (Fsp3) is 0.421. The second kappa shape index (κ2) is 8.44. The molecule has 0 radical (unpaired) electrons. The maximum atomic E-state index is 13.0. The maximum Gasteiger partial charge on any atom is 0.243 e. The Morgan fingerprint density at radius 3 is 2.52 bits per heavy atom. The Bertz CT molecular complexity index is 952. The van der Waals surface area contributed by atoms with Crippen LogP contribution >= 0.6 is 0 Å². The summed E-state index contributed by atoms with van der Waals surface area (Å²) in [7, 11) is -3.63. The minimum absolute atomic E-state index is 0.121. The van der Waals surface area contributed by atoms with E-state index in [2.05, 4.69) is 5.32 Å². The molecule has 1 amide bonds. The van der Waals surface area contributed by atoms with E-state index in [0.29, 0.717) is 63.2 Å². The van der Waals surface area contributed by atoms with E-state index in [9.17, 15) is 13.2 Å². The summed E-state index contributed by atoms with van der Waals surface area (Å²) in [5.41, 5.74) is 0. The third-order valence-corrected chi connectivity index (χ3v) is 6.78. The molecule has 0 saturated carbocycles. The Labute approximate surface area is 169 Å². The van der Waals surface area contributed by atoms with Gasteiger partial charge in [-0.15, -0.1) is 0 Å². The minimum atomic E-state index is -3.63. The van der Waals surface area contributed by atoms with E-state index in [1.165, 1.54) is 16.4 Å². The number of nitrogens with one attached hydrogen (secondary N) is 1. The molecule has 1 saturated heterocycles. The molecule has 156 valence electrons. The molecule has 1 aromatic carbocycles. The first-order valence-corrected chi connectivity index (χ1v) is 10.9. The van der Waals surface area contributed by atoms with Gasteiger partial charge in [0.15, 0.2) is 11.5 Å². The van der Waals surface area contributed by atoms with Crippen LogP contribution in [0.15, 0.2) is 45.9 Å². The summed E-state index contributed by atoms with van der Waals surface area (Å²) in [6, 6.07) is 8.24. The molecule has 1 fully saturated rings. The Balaban J connectivity index is 1.31. The quantitative estimate of drug-likeness (QED) is 0.732. The van der Waals surface area contributed by atoms with Crippen LogP contribution < -0.4 is 14.8 Å². The van der Waals surface area contributed by atoms with Crippen molar-refractivity contribution in [1.82, 2.24) is 14.5 Å². The maximum absolute atomic E-state index is 13.0. The van der Waals surface area contributed by atoms with Gasteiger partial charge in [-0.3, -0.25) is 9.69 Å². The average molecular weight is 421 g/mol. The van der Waals surface area contributed by atoms with Gasteiger partial charge in [0, 0.05) is 32.2 Å². The van der Waals surface area contributed by atoms with Crippen LogP contribution in [0.2, 0.25) is 0 Å².